The molecule has 0 aliphatic rings. The minimum atomic E-state index is -0.384. The van der Waals surface area contributed by atoms with E-state index < -0.39 is 0 Å². The molecule has 0 spiro atoms. The number of hydrogen-bond donors (Lipinski definition) is 1. The van der Waals surface area contributed by atoms with Gasteiger partial charge in [0.25, 0.3) is 0 Å². The smallest absolute Gasteiger partial charge is 0.124 e. The molecule has 0 atom stereocenters. The molecule has 1 N–H and O–H groups in total. The molecule has 0 bridgehead atoms. The normalized spacial score (nSPS) is 9.88. The second-order valence-electron chi connectivity index (χ2n) is 3.56. The first-order chi connectivity index (χ1) is 8.29. The van der Waals surface area contributed by atoms with E-state index in [0.29, 0.717) is 11.3 Å². The summed E-state index contributed by atoms with van der Waals surface area (Å²) < 4.78 is 12.9. The van der Waals surface area contributed by atoms with Crippen molar-refractivity contribution in [3.63, 3.8) is 0 Å². The van der Waals surface area contributed by atoms with E-state index in [1.165, 1.54) is 17.0 Å². The zero-order valence-corrected chi connectivity index (χ0v) is 9.93. The quantitative estimate of drug-likeness (QED) is 0.897. The molecule has 0 saturated carbocycles. The lowest BCUT2D eigenvalue weighted by Gasteiger charge is -2.07. The molecule has 0 saturated heterocycles. The summed E-state index contributed by atoms with van der Waals surface area (Å²) in [6.45, 7) is 0.737. The Hall–Kier alpha value is -1.86. The van der Waals surface area contributed by atoms with Crippen molar-refractivity contribution in [2.75, 3.05) is 11.9 Å². The average molecular weight is 246 g/mol. The van der Waals surface area contributed by atoms with Crippen LogP contribution < -0.4 is 5.32 Å². The first-order valence-corrected chi connectivity index (χ1v) is 6.13. The maximum absolute atomic E-state index is 12.9. The summed E-state index contributed by atoms with van der Waals surface area (Å²) in [4.78, 5) is 1.29. The molecule has 4 heteroatoms. The van der Waals surface area contributed by atoms with Crippen LogP contribution in [0.2, 0.25) is 0 Å². The molecule has 0 aliphatic heterocycles. The van der Waals surface area contributed by atoms with Gasteiger partial charge in [-0.15, -0.1) is 11.3 Å². The highest BCUT2D eigenvalue weighted by Crippen LogP contribution is 2.16. The predicted molar refractivity (Wildman–Crippen MR) is 67.6 cm³/mol. The van der Waals surface area contributed by atoms with Crippen LogP contribution in [0, 0.1) is 17.1 Å². The van der Waals surface area contributed by atoms with Crippen LogP contribution in [-0.2, 0) is 6.42 Å². The van der Waals surface area contributed by atoms with E-state index in [9.17, 15) is 4.39 Å². The van der Waals surface area contributed by atoms with E-state index in [2.05, 4.69) is 11.4 Å². The highest BCUT2D eigenvalue weighted by molar-refractivity contribution is 7.09. The van der Waals surface area contributed by atoms with Crippen LogP contribution >= 0.6 is 11.3 Å². The summed E-state index contributed by atoms with van der Waals surface area (Å²) in [5.74, 6) is -0.384. The van der Waals surface area contributed by atoms with Crippen molar-refractivity contribution in [2.45, 2.75) is 6.42 Å². The minimum Gasteiger partial charge on any atom is -0.384 e. The standard InChI is InChI=1S/C13H11FN2S/c14-11-3-4-13(10(8-11)9-15)16-6-5-12-2-1-7-17-12/h1-4,7-8,16H,5-6H2. The summed E-state index contributed by atoms with van der Waals surface area (Å²) >= 11 is 1.71. The Morgan fingerprint density at radius 2 is 2.24 bits per heavy atom. The number of thiophene rings is 1. The molecule has 2 nitrogen and oxygen atoms in total. The Morgan fingerprint density at radius 1 is 1.35 bits per heavy atom. The van der Waals surface area contributed by atoms with Crippen LogP contribution in [0.1, 0.15) is 10.4 Å². The monoisotopic (exact) mass is 246 g/mol. The fourth-order valence-corrected chi connectivity index (χ4v) is 2.25. The first kappa shape index (κ1) is 11.6. The van der Waals surface area contributed by atoms with Crippen molar-refractivity contribution in [1.82, 2.24) is 0 Å². The van der Waals surface area contributed by atoms with E-state index >= 15 is 0 Å². The summed E-state index contributed by atoms with van der Waals surface area (Å²) in [5.41, 5.74) is 1.03. The maximum Gasteiger partial charge on any atom is 0.124 e. The summed E-state index contributed by atoms with van der Waals surface area (Å²) in [7, 11) is 0. The van der Waals surface area contributed by atoms with Crippen molar-refractivity contribution in [1.29, 1.82) is 5.26 Å². The number of hydrogen-bond acceptors (Lipinski definition) is 3. The molecule has 2 rings (SSSR count). The Labute approximate surface area is 103 Å². The van der Waals surface area contributed by atoms with Gasteiger partial charge >= 0.3 is 0 Å². The molecule has 2 aromatic rings. The van der Waals surface area contributed by atoms with Crippen molar-refractivity contribution in [3.8, 4) is 6.07 Å². The van der Waals surface area contributed by atoms with E-state index in [1.54, 1.807) is 17.4 Å². The molecular formula is C13H11FN2S. The molecule has 0 amide bonds. The summed E-state index contributed by atoms with van der Waals surface area (Å²) in [5, 5.41) is 14.1. The van der Waals surface area contributed by atoms with E-state index in [4.69, 9.17) is 5.26 Å². The van der Waals surface area contributed by atoms with Crippen LogP contribution in [0.25, 0.3) is 0 Å². The van der Waals surface area contributed by atoms with Gasteiger partial charge in [0, 0.05) is 11.4 Å². The number of nitrogens with zero attached hydrogens (tertiary/aromatic N) is 1. The maximum atomic E-state index is 12.9. The number of anilines is 1. The number of benzene rings is 1. The molecule has 17 heavy (non-hydrogen) atoms. The van der Waals surface area contributed by atoms with Gasteiger partial charge < -0.3 is 5.32 Å². The zero-order valence-electron chi connectivity index (χ0n) is 9.11. The average Bonchev–Trinajstić information content (AvgIpc) is 2.84. The Bertz CT molecular complexity index is 529. The highest BCUT2D eigenvalue weighted by atomic mass is 32.1. The molecule has 1 heterocycles. The van der Waals surface area contributed by atoms with Crippen LogP contribution in [0.5, 0.6) is 0 Å². The van der Waals surface area contributed by atoms with Crippen molar-refractivity contribution >= 4 is 17.0 Å². The van der Waals surface area contributed by atoms with Crippen LogP contribution in [0.4, 0.5) is 10.1 Å². The second-order valence-corrected chi connectivity index (χ2v) is 4.59. The van der Waals surface area contributed by atoms with Gasteiger partial charge in [-0.1, -0.05) is 6.07 Å². The molecular weight excluding hydrogens is 235 g/mol. The Morgan fingerprint density at radius 3 is 2.94 bits per heavy atom. The first-order valence-electron chi connectivity index (χ1n) is 5.25. The van der Waals surface area contributed by atoms with Gasteiger partial charge in [-0.3, -0.25) is 0 Å². The van der Waals surface area contributed by atoms with Crippen molar-refractivity contribution in [3.05, 3.63) is 52.0 Å². The number of rotatable bonds is 4. The summed E-state index contributed by atoms with van der Waals surface area (Å²) in [6.07, 6.45) is 0.903. The van der Waals surface area contributed by atoms with Gasteiger partial charge in [0.05, 0.1) is 11.3 Å². The highest BCUT2D eigenvalue weighted by Gasteiger charge is 2.03. The van der Waals surface area contributed by atoms with Crippen molar-refractivity contribution < 1.29 is 4.39 Å². The topological polar surface area (TPSA) is 35.8 Å². The molecule has 1 aromatic heterocycles. The van der Waals surface area contributed by atoms with Crippen LogP contribution in [0.15, 0.2) is 35.7 Å². The van der Waals surface area contributed by atoms with Gasteiger partial charge in [-0.05, 0) is 36.1 Å². The van der Waals surface area contributed by atoms with E-state index in [0.717, 1.165) is 13.0 Å². The zero-order chi connectivity index (χ0) is 12.1. The lowest BCUT2D eigenvalue weighted by Crippen LogP contribution is -2.05. The number of nitriles is 1. The third-order valence-electron chi connectivity index (χ3n) is 2.37. The molecule has 1 aromatic carbocycles. The fraction of sp³-hybridized carbons (Fsp3) is 0.154. The molecule has 86 valence electrons. The number of halogens is 1. The predicted octanol–water partition coefficient (Wildman–Crippen LogP) is 3.41. The van der Waals surface area contributed by atoms with Crippen LogP contribution in [0.3, 0.4) is 0 Å². The SMILES string of the molecule is N#Cc1cc(F)ccc1NCCc1cccs1. The van der Waals surface area contributed by atoms with Gasteiger partial charge in [0.1, 0.15) is 11.9 Å². The molecule has 0 aliphatic carbocycles. The lowest BCUT2D eigenvalue weighted by molar-refractivity contribution is 0.627. The largest absolute Gasteiger partial charge is 0.384 e. The van der Waals surface area contributed by atoms with Gasteiger partial charge in [0.15, 0.2) is 0 Å². The van der Waals surface area contributed by atoms with Gasteiger partial charge in [-0.2, -0.15) is 5.26 Å². The molecule has 0 radical (unpaired) electrons. The molecule has 0 fully saturated rings. The summed E-state index contributed by atoms with van der Waals surface area (Å²) in [6, 6.07) is 10.3. The third kappa shape index (κ3) is 3.05. The van der Waals surface area contributed by atoms with Crippen molar-refractivity contribution in [2.24, 2.45) is 0 Å². The Kier molecular flexibility index (Phi) is 3.73. The minimum absolute atomic E-state index is 0.344. The number of nitrogens with one attached hydrogen (secondary N) is 1. The lowest BCUT2D eigenvalue weighted by atomic mass is 10.2. The fourth-order valence-electron chi connectivity index (χ4n) is 1.54. The van der Waals surface area contributed by atoms with E-state index in [1.807, 2.05) is 17.5 Å². The van der Waals surface area contributed by atoms with Gasteiger partial charge in [0.2, 0.25) is 0 Å². The second kappa shape index (κ2) is 5.46. The van der Waals surface area contributed by atoms with Crippen LogP contribution in [-0.4, -0.2) is 6.54 Å². The Balaban J connectivity index is 1.97. The van der Waals surface area contributed by atoms with Gasteiger partial charge in [-0.25, -0.2) is 4.39 Å². The van der Waals surface area contributed by atoms with E-state index in [-0.39, 0.29) is 5.82 Å². The molecule has 0 unspecified atom stereocenters. The third-order valence-corrected chi connectivity index (χ3v) is 3.31.